The molecular formula is H5O5V-5. The molecule has 45 valence electrons. The third-order valence-corrected chi connectivity index (χ3v) is 0. The zero-order valence-corrected chi connectivity index (χ0v) is 4.08. The van der Waals surface area contributed by atoms with Gasteiger partial charge >= 0.3 is 0 Å². The Bertz CT molecular complexity index is 3.90. The van der Waals surface area contributed by atoms with Crippen molar-refractivity contribution in [3.63, 3.8) is 0 Å². The predicted molar refractivity (Wildman–Crippen MR) is 9.68 cm³/mol. The van der Waals surface area contributed by atoms with Crippen LogP contribution in [0.4, 0.5) is 0 Å². The van der Waals surface area contributed by atoms with Gasteiger partial charge in [0.25, 0.3) is 0 Å². The van der Waals surface area contributed by atoms with Gasteiger partial charge in [-0.05, 0) is 0 Å². The smallest absolute Gasteiger partial charge is 0 e. The van der Waals surface area contributed by atoms with Crippen LogP contribution in [0.25, 0.3) is 0 Å². The Morgan fingerprint density at radius 2 is 0.333 bits per heavy atom. The molecule has 0 fully saturated rings. The third kappa shape index (κ3) is 340. The fraction of sp³-hybridized carbons (Fsp3) is 0. The zero-order valence-electron chi connectivity index (χ0n) is 2.68. The van der Waals surface area contributed by atoms with E-state index in [1.807, 2.05) is 0 Å². The van der Waals surface area contributed by atoms with Gasteiger partial charge < -0.3 is 27.4 Å². The van der Waals surface area contributed by atoms with Crippen molar-refractivity contribution in [1.29, 1.82) is 0 Å². The van der Waals surface area contributed by atoms with Crippen LogP contribution in [0.2, 0.25) is 0 Å². The van der Waals surface area contributed by atoms with Gasteiger partial charge in [0, 0.05) is 18.6 Å². The van der Waals surface area contributed by atoms with E-state index in [1.165, 1.54) is 0 Å². The zero-order chi connectivity index (χ0) is 0. The molecule has 1 radical (unpaired) electrons. The fourth-order valence-corrected chi connectivity index (χ4v) is 0. The number of hydrogen-bond donors (Lipinski definition) is 0. The van der Waals surface area contributed by atoms with Crippen LogP contribution in [0.1, 0.15) is 0 Å². The molecule has 0 heterocycles. The van der Waals surface area contributed by atoms with E-state index in [9.17, 15) is 0 Å². The van der Waals surface area contributed by atoms with E-state index in [-0.39, 0.29) is 45.9 Å². The molecule has 0 aliphatic carbocycles. The van der Waals surface area contributed by atoms with Crippen LogP contribution in [0.3, 0.4) is 0 Å². The molecule has 0 unspecified atom stereocenters. The summed E-state index contributed by atoms with van der Waals surface area (Å²) in [6.07, 6.45) is 0. The van der Waals surface area contributed by atoms with Crippen LogP contribution in [0.15, 0.2) is 0 Å². The second kappa shape index (κ2) is 700. The van der Waals surface area contributed by atoms with E-state index < -0.39 is 0 Å². The average Bonchev–Trinajstić information content (AvgIpc) is 0. The second-order valence-corrected chi connectivity index (χ2v) is 0. The van der Waals surface area contributed by atoms with Crippen molar-refractivity contribution < 1.29 is 45.9 Å². The van der Waals surface area contributed by atoms with Crippen LogP contribution >= 0.6 is 0 Å². The standard InChI is InChI=1S/5H2O.V/h5*1H2;/p-5. The Morgan fingerprint density at radius 1 is 0.333 bits per heavy atom. The van der Waals surface area contributed by atoms with E-state index >= 15 is 0 Å². The summed E-state index contributed by atoms with van der Waals surface area (Å²) in [7, 11) is 0. The molecule has 0 amide bonds. The van der Waals surface area contributed by atoms with Crippen molar-refractivity contribution in [2.24, 2.45) is 0 Å². The SMILES string of the molecule is [OH-].[OH-].[OH-].[OH-].[OH-].[V]. The summed E-state index contributed by atoms with van der Waals surface area (Å²) in [6, 6.07) is 0. The van der Waals surface area contributed by atoms with Gasteiger partial charge in [-0.15, -0.1) is 0 Å². The summed E-state index contributed by atoms with van der Waals surface area (Å²) in [5, 5.41) is 0. The van der Waals surface area contributed by atoms with E-state index in [1.54, 1.807) is 0 Å². The maximum Gasteiger partial charge on any atom is 0 e. The van der Waals surface area contributed by atoms with Crippen molar-refractivity contribution in [3.8, 4) is 0 Å². The van der Waals surface area contributed by atoms with Crippen LogP contribution in [0.5, 0.6) is 0 Å². The Hall–Kier alpha value is 0.384. The molecule has 0 bridgehead atoms. The molecule has 0 spiro atoms. The Balaban J connectivity index is 0. The minimum absolute atomic E-state index is 0. The molecule has 5 N–H and O–H groups in total. The van der Waals surface area contributed by atoms with Crippen molar-refractivity contribution in [3.05, 3.63) is 0 Å². The van der Waals surface area contributed by atoms with Gasteiger partial charge in [0.15, 0.2) is 0 Å². The van der Waals surface area contributed by atoms with Gasteiger partial charge in [-0.2, -0.15) is 0 Å². The van der Waals surface area contributed by atoms with Gasteiger partial charge in [0.05, 0.1) is 0 Å². The maximum atomic E-state index is 0. The summed E-state index contributed by atoms with van der Waals surface area (Å²) < 4.78 is 0. The van der Waals surface area contributed by atoms with E-state index in [0.717, 1.165) is 0 Å². The first-order valence-corrected chi connectivity index (χ1v) is 0. The molecule has 0 saturated heterocycles. The predicted octanol–water partition coefficient (Wildman–Crippen LogP) is -0.886. The first-order valence-electron chi connectivity index (χ1n) is 0. The van der Waals surface area contributed by atoms with Crippen molar-refractivity contribution in [1.82, 2.24) is 0 Å². The van der Waals surface area contributed by atoms with Gasteiger partial charge in [0.2, 0.25) is 0 Å². The van der Waals surface area contributed by atoms with Gasteiger partial charge in [0.1, 0.15) is 0 Å². The first kappa shape index (κ1) is 1250. The summed E-state index contributed by atoms with van der Waals surface area (Å²) in [5.74, 6) is 0. The molecule has 0 saturated carbocycles. The van der Waals surface area contributed by atoms with Crippen molar-refractivity contribution >= 4 is 0 Å². The molecule has 0 aromatic heterocycles. The minimum Gasteiger partial charge on any atom is -0.870 e. The summed E-state index contributed by atoms with van der Waals surface area (Å²) in [6.45, 7) is 0. The summed E-state index contributed by atoms with van der Waals surface area (Å²) in [5.41, 5.74) is 0. The molecule has 0 atom stereocenters. The van der Waals surface area contributed by atoms with Gasteiger partial charge in [-0.1, -0.05) is 0 Å². The van der Waals surface area contributed by atoms with Crippen LogP contribution in [0, 0.1) is 0 Å². The van der Waals surface area contributed by atoms with E-state index in [0.29, 0.717) is 0 Å². The first-order chi connectivity index (χ1) is 0. The minimum atomic E-state index is 0. The molecule has 6 heteroatoms. The van der Waals surface area contributed by atoms with Crippen molar-refractivity contribution in [2.75, 3.05) is 0 Å². The quantitative estimate of drug-likeness (QED) is 0.423. The topological polar surface area (TPSA) is 150 Å². The van der Waals surface area contributed by atoms with Crippen LogP contribution in [-0.4, -0.2) is 27.4 Å². The monoisotopic (exact) mass is 136 g/mol. The molecule has 0 aromatic carbocycles. The Morgan fingerprint density at radius 3 is 0.333 bits per heavy atom. The maximum absolute atomic E-state index is 0. The number of rotatable bonds is 0. The Labute approximate surface area is 46.8 Å². The normalized spacial score (nSPS) is 0. The largest absolute Gasteiger partial charge is 0.870 e. The van der Waals surface area contributed by atoms with Gasteiger partial charge in [-0.25, -0.2) is 0 Å². The van der Waals surface area contributed by atoms with Crippen LogP contribution < -0.4 is 0 Å². The van der Waals surface area contributed by atoms with Crippen LogP contribution in [-0.2, 0) is 18.6 Å². The fourth-order valence-electron chi connectivity index (χ4n) is 0. The van der Waals surface area contributed by atoms with E-state index in [4.69, 9.17) is 0 Å². The molecule has 0 aromatic rings. The molecule has 6 heavy (non-hydrogen) atoms. The molecular weight excluding hydrogens is 131 g/mol. The number of hydrogen-bond acceptors (Lipinski definition) is 5. The van der Waals surface area contributed by atoms with E-state index in [2.05, 4.69) is 0 Å². The van der Waals surface area contributed by atoms with Gasteiger partial charge in [-0.3, -0.25) is 0 Å². The third-order valence-electron chi connectivity index (χ3n) is 0. The molecule has 0 aliphatic rings. The Kier molecular flexibility index (Phi) is 146000. The molecule has 5 nitrogen and oxygen atoms in total. The molecule has 0 aliphatic heterocycles. The molecule has 0 rings (SSSR count). The summed E-state index contributed by atoms with van der Waals surface area (Å²) in [4.78, 5) is 0. The summed E-state index contributed by atoms with van der Waals surface area (Å²) >= 11 is 0. The average molecular weight is 136 g/mol. The van der Waals surface area contributed by atoms with Crippen molar-refractivity contribution in [2.45, 2.75) is 0 Å². The second-order valence-electron chi connectivity index (χ2n) is 0.